The van der Waals surface area contributed by atoms with Gasteiger partial charge < -0.3 is 10.4 Å². The highest BCUT2D eigenvalue weighted by atomic mass is 32.1. The first-order chi connectivity index (χ1) is 8.08. The van der Waals surface area contributed by atoms with Crippen molar-refractivity contribution < 1.29 is 14.7 Å². The Morgan fingerprint density at radius 1 is 1.47 bits per heavy atom. The molecule has 2 heterocycles. The molecule has 0 saturated heterocycles. The van der Waals surface area contributed by atoms with Gasteiger partial charge in [-0.1, -0.05) is 0 Å². The quantitative estimate of drug-likeness (QED) is 0.864. The summed E-state index contributed by atoms with van der Waals surface area (Å²) in [5.74, 6) is -1.48. The minimum atomic E-state index is -1.06. The third kappa shape index (κ3) is 2.34. The molecule has 6 nitrogen and oxygen atoms in total. The largest absolute Gasteiger partial charge is 0.477 e. The highest BCUT2D eigenvalue weighted by Gasteiger charge is 2.15. The third-order valence-corrected chi connectivity index (χ3v) is 2.96. The number of hydrogen-bond acceptors (Lipinski definition) is 4. The number of anilines is 1. The molecule has 88 valence electrons. The average Bonchev–Trinajstić information content (AvgIpc) is 2.86. The number of nitrogens with zero attached hydrogens (tertiary/aromatic N) is 2. The zero-order valence-corrected chi connectivity index (χ0v) is 9.69. The zero-order chi connectivity index (χ0) is 12.4. The van der Waals surface area contributed by atoms with E-state index in [1.807, 2.05) is 0 Å². The van der Waals surface area contributed by atoms with Gasteiger partial charge in [-0.25, -0.2) is 4.79 Å². The van der Waals surface area contributed by atoms with E-state index in [-0.39, 0.29) is 16.3 Å². The molecule has 2 rings (SSSR count). The van der Waals surface area contributed by atoms with E-state index in [1.54, 1.807) is 30.8 Å². The summed E-state index contributed by atoms with van der Waals surface area (Å²) in [6.45, 7) is 0. The number of aryl methyl sites for hydroxylation is 1. The van der Waals surface area contributed by atoms with Gasteiger partial charge in [0.2, 0.25) is 0 Å². The van der Waals surface area contributed by atoms with Crippen LogP contribution in [0.25, 0.3) is 0 Å². The lowest BCUT2D eigenvalue weighted by Gasteiger charge is -2.01. The standard InChI is InChI=1S/C10H9N3O3S/c1-13-4-2-7(12-13)9(14)11-6-3-5-17-8(6)10(15)16/h2-5H,1H3,(H,11,14)(H,15,16). The summed E-state index contributed by atoms with van der Waals surface area (Å²) in [5.41, 5.74) is 0.535. The molecular formula is C10H9N3O3S. The van der Waals surface area contributed by atoms with Crippen LogP contribution in [-0.2, 0) is 7.05 Å². The monoisotopic (exact) mass is 251 g/mol. The number of aromatic nitrogens is 2. The van der Waals surface area contributed by atoms with E-state index in [2.05, 4.69) is 10.4 Å². The Labute approximate surface area is 100 Å². The summed E-state index contributed by atoms with van der Waals surface area (Å²) in [6, 6.07) is 3.11. The maximum atomic E-state index is 11.7. The van der Waals surface area contributed by atoms with E-state index in [1.165, 1.54) is 4.68 Å². The van der Waals surface area contributed by atoms with Crippen molar-refractivity contribution in [3.63, 3.8) is 0 Å². The fourth-order valence-electron chi connectivity index (χ4n) is 1.30. The van der Waals surface area contributed by atoms with Crippen LogP contribution in [0.1, 0.15) is 20.2 Å². The van der Waals surface area contributed by atoms with Crippen LogP contribution in [0.2, 0.25) is 0 Å². The number of carboxylic acids is 1. The fourth-order valence-corrected chi connectivity index (χ4v) is 1.98. The molecule has 0 aliphatic rings. The molecule has 0 aliphatic heterocycles. The molecule has 0 radical (unpaired) electrons. The first kappa shape index (κ1) is 11.3. The molecular weight excluding hydrogens is 242 g/mol. The Morgan fingerprint density at radius 2 is 2.24 bits per heavy atom. The number of carbonyl (C=O) groups excluding carboxylic acids is 1. The van der Waals surface area contributed by atoms with E-state index >= 15 is 0 Å². The predicted molar refractivity (Wildman–Crippen MR) is 62.4 cm³/mol. The second kappa shape index (κ2) is 4.38. The molecule has 0 unspecified atom stereocenters. The first-order valence-electron chi connectivity index (χ1n) is 4.69. The summed E-state index contributed by atoms with van der Waals surface area (Å²) in [4.78, 5) is 22.7. The van der Waals surface area contributed by atoms with Gasteiger partial charge in [0.05, 0.1) is 5.69 Å². The van der Waals surface area contributed by atoms with Gasteiger partial charge in [0.15, 0.2) is 5.69 Å². The molecule has 2 aromatic rings. The fraction of sp³-hybridized carbons (Fsp3) is 0.100. The summed E-state index contributed by atoms with van der Waals surface area (Å²) < 4.78 is 1.50. The molecule has 0 bridgehead atoms. The normalized spacial score (nSPS) is 10.2. The maximum Gasteiger partial charge on any atom is 0.348 e. The van der Waals surface area contributed by atoms with Crippen molar-refractivity contribution in [2.24, 2.45) is 7.05 Å². The number of hydrogen-bond donors (Lipinski definition) is 2. The van der Waals surface area contributed by atoms with Crippen molar-refractivity contribution in [1.82, 2.24) is 9.78 Å². The Kier molecular flexibility index (Phi) is 2.92. The number of thiophene rings is 1. The van der Waals surface area contributed by atoms with Crippen LogP contribution in [0.15, 0.2) is 23.7 Å². The molecule has 17 heavy (non-hydrogen) atoms. The van der Waals surface area contributed by atoms with Crippen molar-refractivity contribution >= 4 is 28.9 Å². The highest BCUT2D eigenvalue weighted by Crippen LogP contribution is 2.22. The van der Waals surface area contributed by atoms with Crippen LogP contribution in [0, 0.1) is 0 Å². The van der Waals surface area contributed by atoms with Gasteiger partial charge in [-0.2, -0.15) is 5.10 Å². The molecule has 0 fully saturated rings. The zero-order valence-electron chi connectivity index (χ0n) is 8.88. The summed E-state index contributed by atoms with van der Waals surface area (Å²) in [5, 5.41) is 16.9. The van der Waals surface area contributed by atoms with E-state index in [9.17, 15) is 9.59 Å². The Bertz CT molecular complexity index is 573. The van der Waals surface area contributed by atoms with Crippen molar-refractivity contribution in [2.45, 2.75) is 0 Å². The lowest BCUT2D eigenvalue weighted by molar-refractivity contribution is 0.0703. The van der Waals surface area contributed by atoms with Crippen LogP contribution in [-0.4, -0.2) is 26.8 Å². The van der Waals surface area contributed by atoms with Crippen LogP contribution in [0.5, 0.6) is 0 Å². The molecule has 0 atom stereocenters. The minimum absolute atomic E-state index is 0.106. The number of nitrogens with one attached hydrogen (secondary N) is 1. The number of rotatable bonds is 3. The molecule has 7 heteroatoms. The van der Waals surface area contributed by atoms with Gasteiger partial charge in [-0.3, -0.25) is 9.48 Å². The average molecular weight is 251 g/mol. The topological polar surface area (TPSA) is 84.2 Å². The molecule has 2 N–H and O–H groups in total. The van der Waals surface area contributed by atoms with Crippen molar-refractivity contribution in [2.75, 3.05) is 5.32 Å². The second-order valence-electron chi connectivity index (χ2n) is 3.30. The minimum Gasteiger partial charge on any atom is -0.477 e. The summed E-state index contributed by atoms with van der Waals surface area (Å²) in [6.07, 6.45) is 1.64. The van der Waals surface area contributed by atoms with E-state index < -0.39 is 11.9 Å². The molecule has 1 amide bonds. The van der Waals surface area contributed by atoms with Gasteiger partial charge in [0.25, 0.3) is 5.91 Å². The van der Waals surface area contributed by atoms with Gasteiger partial charge in [0, 0.05) is 13.2 Å². The number of carbonyl (C=O) groups is 2. The van der Waals surface area contributed by atoms with Crippen LogP contribution < -0.4 is 5.32 Å². The maximum absolute atomic E-state index is 11.7. The van der Waals surface area contributed by atoms with Crippen LogP contribution in [0.3, 0.4) is 0 Å². The van der Waals surface area contributed by atoms with E-state index in [0.29, 0.717) is 0 Å². The van der Waals surface area contributed by atoms with Crippen molar-refractivity contribution in [3.8, 4) is 0 Å². The molecule has 0 aromatic carbocycles. The van der Waals surface area contributed by atoms with Crippen LogP contribution >= 0.6 is 11.3 Å². The first-order valence-corrected chi connectivity index (χ1v) is 5.57. The Morgan fingerprint density at radius 3 is 2.82 bits per heavy atom. The molecule has 0 spiro atoms. The second-order valence-corrected chi connectivity index (χ2v) is 4.21. The van der Waals surface area contributed by atoms with Crippen molar-refractivity contribution in [1.29, 1.82) is 0 Å². The van der Waals surface area contributed by atoms with Gasteiger partial charge in [-0.05, 0) is 17.5 Å². The predicted octanol–water partition coefficient (Wildman–Crippen LogP) is 1.43. The lowest BCUT2D eigenvalue weighted by atomic mass is 10.3. The van der Waals surface area contributed by atoms with E-state index in [0.717, 1.165) is 11.3 Å². The summed E-state index contributed by atoms with van der Waals surface area (Å²) >= 11 is 1.06. The smallest absolute Gasteiger partial charge is 0.348 e. The van der Waals surface area contributed by atoms with Crippen LogP contribution in [0.4, 0.5) is 5.69 Å². The lowest BCUT2D eigenvalue weighted by Crippen LogP contribution is -2.14. The number of amides is 1. The molecule has 2 aromatic heterocycles. The third-order valence-electron chi connectivity index (χ3n) is 2.05. The number of carboxylic acid groups (broad SMARTS) is 1. The SMILES string of the molecule is Cn1ccc(C(=O)Nc2ccsc2C(=O)O)n1. The number of aromatic carboxylic acids is 1. The van der Waals surface area contributed by atoms with Gasteiger partial charge in [-0.15, -0.1) is 11.3 Å². The van der Waals surface area contributed by atoms with Crippen molar-refractivity contribution in [3.05, 3.63) is 34.3 Å². The Balaban J connectivity index is 2.18. The molecule has 0 saturated carbocycles. The Hall–Kier alpha value is -2.15. The van der Waals surface area contributed by atoms with E-state index in [4.69, 9.17) is 5.11 Å². The van der Waals surface area contributed by atoms with Gasteiger partial charge in [0.1, 0.15) is 4.88 Å². The summed E-state index contributed by atoms with van der Waals surface area (Å²) in [7, 11) is 1.70. The molecule has 0 aliphatic carbocycles. The van der Waals surface area contributed by atoms with Gasteiger partial charge >= 0.3 is 5.97 Å². The highest BCUT2D eigenvalue weighted by molar-refractivity contribution is 7.12.